The summed E-state index contributed by atoms with van der Waals surface area (Å²) in [6.07, 6.45) is 2.76. The maximum Gasteiger partial charge on any atom is 0.255 e. The Labute approximate surface area is 112 Å². The minimum Gasteiger partial charge on any atom is -0.390 e. The van der Waals surface area contributed by atoms with Crippen molar-refractivity contribution < 1.29 is 9.90 Å². The SMILES string of the molecule is NCC(O)CN1CCN(C(=O)c2cccnc2)CC1. The Morgan fingerprint density at radius 2 is 2.16 bits per heavy atom. The van der Waals surface area contributed by atoms with E-state index in [0.29, 0.717) is 25.2 Å². The van der Waals surface area contributed by atoms with Gasteiger partial charge in [-0.05, 0) is 12.1 Å². The van der Waals surface area contributed by atoms with Gasteiger partial charge in [0.25, 0.3) is 5.91 Å². The lowest BCUT2D eigenvalue weighted by atomic mass is 10.2. The fraction of sp³-hybridized carbons (Fsp3) is 0.538. The molecule has 0 bridgehead atoms. The van der Waals surface area contributed by atoms with E-state index in [2.05, 4.69) is 9.88 Å². The number of β-amino-alcohol motifs (C(OH)–C–C–N with tert-alkyl or cyclic N) is 1. The zero-order valence-electron chi connectivity index (χ0n) is 10.9. The standard InChI is InChI=1S/C13H20N4O2/c14-8-12(18)10-16-4-6-17(7-5-16)13(19)11-2-1-3-15-9-11/h1-3,9,12,18H,4-8,10,14H2. The molecule has 6 nitrogen and oxygen atoms in total. The third-order valence-corrected chi connectivity index (χ3v) is 3.31. The van der Waals surface area contributed by atoms with Crippen LogP contribution in [0.1, 0.15) is 10.4 Å². The predicted octanol–water partition coefficient (Wildman–Crippen LogP) is -0.841. The number of hydrogen-bond acceptors (Lipinski definition) is 5. The summed E-state index contributed by atoms with van der Waals surface area (Å²) in [6.45, 7) is 3.72. The molecule has 3 N–H and O–H groups in total. The molecule has 1 unspecified atom stereocenters. The Hall–Kier alpha value is -1.50. The van der Waals surface area contributed by atoms with Gasteiger partial charge in [0.2, 0.25) is 0 Å². The van der Waals surface area contributed by atoms with Gasteiger partial charge in [-0.15, -0.1) is 0 Å². The maximum absolute atomic E-state index is 12.2. The quantitative estimate of drug-likeness (QED) is 0.741. The third kappa shape index (κ3) is 3.73. The lowest BCUT2D eigenvalue weighted by Gasteiger charge is -2.35. The van der Waals surface area contributed by atoms with E-state index in [4.69, 9.17) is 5.73 Å². The summed E-state index contributed by atoms with van der Waals surface area (Å²) in [5.41, 5.74) is 6.02. The highest BCUT2D eigenvalue weighted by atomic mass is 16.3. The normalized spacial score (nSPS) is 18.3. The average Bonchev–Trinajstić information content (AvgIpc) is 2.48. The maximum atomic E-state index is 12.2. The molecule has 2 heterocycles. The van der Waals surface area contributed by atoms with E-state index >= 15 is 0 Å². The molecule has 6 heteroatoms. The Balaban J connectivity index is 1.85. The summed E-state index contributed by atoms with van der Waals surface area (Å²) in [5.74, 6) is 0.0205. The van der Waals surface area contributed by atoms with Gasteiger partial charge < -0.3 is 15.7 Å². The zero-order chi connectivity index (χ0) is 13.7. The number of carbonyl (C=O) groups excluding carboxylic acids is 1. The minimum atomic E-state index is -0.486. The number of amides is 1. The van der Waals surface area contributed by atoms with Gasteiger partial charge in [-0.2, -0.15) is 0 Å². The molecule has 1 saturated heterocycles. The van der Waals surface area contributed by atoms with E-state index in [9.17, 15) is 9.90 Å². The number of pyridine rings is 1. The van der Waals surface area contributed by atoms with E-state index in [1.807, 2.05) is 4.90 Å². The van der Waals surface area contributed by atoms with Gasteiger partial charge >= 0.3 is 0 Å². The van der Waals surface area contributed by atoms with Gasteiger partial charge in [-0.1, -0.05) is 0 Å². The molecule has 0 spiro atoms. The Bertz CT molecular complexity index is 404. The Kier molecular flexibility index (Phi) is 4.84. The second kappa shape index (κ2) is 6.60. The van der Waals surface area contributed by atoms with Crippen LogP contribution in [0.15, 0.2) is 24.5 Å². The van der Waals surface area contributed by atoms with E-state index in [-0.39, 0.29) is 12.5 Å². The van der Waals surface area contributed by atoms with Crippen molar-refractivity contribution in [2.24, 2.45) is 5.73 Å². The van der Waals surface area contributed by atoms with Crippen molar-refractivity contribution in [2.45, 2.75) is 6.10 Å². The van der Waals surface area contributed by atoms with Crippen LogP contribution >= 0.6 is 0 Å². The van der Waals surface area contributed by atoms with Crippen molar-refractivity contribution in [2.75, 3.05) is 39.3 Å². The number of rotatable bonds is 4. The van der Waals surface area contributed by atoms with Crippen molar-refractivity contribution in [3.05, 3.63) is 30.1 Å². The topological polar surface area (TPSA) is 82.7 Å². The molecule has 104 valence electrons. The summed E-state index contributed by atoms with van der Waals surface area (Å²) in [5, 5.41) is 9.51. The second-order valence-corrected chi connectivity index (χ2v) is 4.72. The molecule has 0 aromatic carbocycles. The molecule has 2 rings (SSSR count). The van der Waals surface area contributed by atoms with Crippen molar-refractivity contribution >= 4 is 5.91 Å². The van der Waals surface area contributed by atoms with Gasteiger partial charge in [0.1, 0.15) is 0 Å². The number of aliphatic hydroxyl groups excluding tert-OH is 1. The third-order valence-electron chi connectivity index (χ3n) is 3.31. The highest BCUT2D eigenvalue weighted by Crippen LogP contribution is 2.08. The molecule has 1 aromatic heterocycles. The van der Waals surface area contributed by atoms with Crippen molar-refractivity contribution in [3.63, 3.8) is 0 Å². The van der Waals surface area contributed by atoms with Crippen LogP contribution < -0.4 is 5.73 Å². The van der Waals surface area contributed by atoms with Crippen LogP contribution in [0, 0.1) is 0 Å². The molecule has 1 atom stereocenters. The second-order valence-electron chi connectivity index (χ2n) is 4.72. The fourth-order valence-electron chi connectivity index (χ4n) is 2.18. The molecule has 0 saturated carbocycles. The molecule has 1 aliphatic rings. The molecule has 1 aromatic rings. The lowest BCUT2D eigenvalue weighted by Crippen LogP contribution is -2.51. The number of carbonyl (C=O) groups is 1. The summed E-state index contributed by atoms with van der Waals surface area (Å²) in [6, 6.07) is 3.54. The van der Waals surface area contributed by atoms with E-state index in [1.165, 1.54) is 0 Å². The van der Waals surface area contributed by atoms with Crippen LogP contribution in [0.4, 0.5) is 0 Å². The van der Waals surface area contributed by atoms with Crippen molar-refractivity contribution in [3.8, 4) is 0 Å². The van der Waals surface area contributed by atoms with Crippen LogP contribution in [0.25, 0.3) is 0 Å². The van der Waals surface area contributed by atoms with Crippen LogP contribution in [0.5, 0.6) is 0 Å². The van der Waals surface area contributed by atoms with Gasteiger partial charge in [0, 0.05) is 51.7 Å². The predicted molar refractivity (Wildman–Crippen MR) is 71.6 cm³/mol. The number of nitrogens with two attached hydrogens (primary N) is 1. The molecule has 0 radical (unpaired) electrons. The number of hydrogen-bond donors (Lipinski definition) is 2. The van der Waals surface area contributed by atoms with Gasteiger partial charge in [0.05, 0.1) is 11.7 Å². The van der Waals surface area contributed by atoms with E-state index in [0.717, 1.165) is 13.1 Å². The first-order valence-electron chi connectivity index (χ1n) is 6.50. The van der Waals surface area contributed by atoms with Gasteiger partial charge in [-0.25, -0.2) is 0 Å². The van der Waals surface area contributed by atoms with Gasteiger partial charge in [0.15, 0.2) is 0 Å². The number of nitrogens with zero attached hydrogens (tertiary/aromatic N) is 3. The number of aliphatic hydroxyl groups is 1. The highest BCUT2D eigenvalue weighted by Gasteiger charge is 2.22. The molecule has 19 heavy (non-hydrogen) atoms. The number of aromatic nitrogens is 1. The monoisotopic (exact) mass is 264 g/mol. The average molecular weight is 264 g/mol. The minimum absolute atomic E-state index is 0.0205. The first-order chi connectivity index (χ1) is 9.20. The smallest absolute Gasteiger partial charge is 0.255 e. The van der Waals surface area contributed by atoms with Crippen LogP contribution in [0.3, 0.4) is 0 Å². The molecule has 1 fully saturated rings. The van der Waals surface area contributed by atoms with Crippen molar-refractivity contribution in [1.82, 2.24) is 14.8 Å². The molecule has 1 aliphatic heterocycles. The van der Waals surface area contributed by atoms with Crippen LogP contribution in [-0.4, -0.2) is 71.2 Å². The molecule has 1 amide bonds. The lowest BCUT2D eigenvalue weighted by molar-refractivity contribution is 0.0541. The zero-order valence-corrected chi connectivity index (χ0v) is 10.9. The van der Waals surface area contributed by atoms with Crippen molar-refractivity contribution in [1.29, 1.82) is 0 Å². The largest absolute Gasteiger partial charge is 0.390 e. The number of piperazine rings is 1. The summed E-state index contributed by atoms with van der Waals surface area (Å²) < 4.78 is 0. The fourth-order valence-corrected chi connectivity index (χ4v) is 2.18. The van der Waals surface area contributed by atoms with Crippen LogP contribution in [-0.2, 0) is 0 Å². The molecular weight excluding hydrogens is 244 g/mol. The Morgan fingerprint density at radius 3 is 2.74 bits per heavy atom. The summed E-state index contributed by atoms with van der Waals surface area (Å²) >= 11 is 0. The van der Waals surface area contributed by atoms with Gasteiger partial charge in [-0.3, -0.25) is 14.7 Å². The highest BCUT2D eigenvalue weighted by molar-refractivity contribution is 5.93. The molecular formula is C13H20N4O2. The first-order valence-corrected chi connectivity index (χ1v) is 6.50. The summed E-state index contributed by atoms with van der Waals surface area (Å²) in [7, 11) is 0. The molecule has 0 aliphatic carbocycles. The van der Waals surface area contributed by atoms with E-state index < -0.39 is 6.10 Å². The van der Waals surface area contributed by atoms with Crippen LogP contribution in [0.2, 0.25) is 0 Å². The van der Waals surface area contributed by atoms with E-state index in [1.54, 1.807) is 24.5 Å². The first kappa shape index (κ1) is 13.9. The summed E-state index contributed by atoms with van der Waals surface area (Å²) in [4.78, 5) is 20.1. The Morgan fingerprint density at radius 1 is 1.42 bits per heavy atom.